The molecule has 2 aromatic rings. The van der Waals surface area contributed by atoms with Crippen molar-refractivity contribution in [1.29, 1.82) is 0 Å². The molecule has 0 spiro atoms. The maximum absolute atomic E-state index is 5.96. The molecule has 0 amide bonds. The molecule has 0 atom stereocenters. The minimum atomic E-state index is 0.530. The molecule has 2 N–H and O–H groups in total. The molecule has 3 nitrogen and oxygen atoms in total. The number of nitrogens with two attached hydrogens (primary N) is 1. The first-order valence-electron chi connectivity index (χ1n) is 6.73. The molecule has 0 fully saturated rings. The smallest absolute Gasteiger partial charge is 0.144 e. The number of nitrogen functional groups attached to an aromatic ring is 1. The van der Waals surface area contributed by atoms with Crippen molar-refractivity contribution in [2.75, 3.05) is 24.7 Å². The van der Waals surface area contributed by atoms with Crippen molar-refractivity contribution >= 4 is 11.4 Å². The number of rotatable bonds is 4. The van der Waals surface area contributed by atoms with E-state index in [1.807, 2.05) is 37.2 Å². The van der Waals surface area contributed by atoms with E-state index in [1.54, 1.807) is 0 Å². The highest BCUT2D eigenvalue weighted by molar-refractivity contribution is 5.61. The van der Waals surface area contributed by atoms with Gasteiger partial charge in [-0.3, -0.25) is 0 Å². The normalized spacial score (nSPS) is 10.4. The molecule has 0 radical (unpaired) electrons. The zero-order chi connectivity index (χ0) is 14.7. The minimum Gasteiger partial charge on any atom is -0.487 e. The van der Waals surface area contributed by atoms with Crippen LogP contribution in [0.4, 0.5) is 11.4 Å². The Bertz CT molecular complexity index is 606. The van der Waals surface area contributed by atoms with E-state index in [0.717, 1.165) is 17.0 Å². The van der Waals surface area contributed by atoms with E-state index in [2.05, 4.69) is 32.0 Å². The van der Waals surface area contributed by atoms with Crippen molar-refractivity contribution in [2.45, 2.75) is 20.5 Å². The molecule has 0 aliphatic carbocycles. The van der Waals surface area contributed by atoms with Crippen molar-refractivity contribution in [3.63, 3.8) is 0 Å². The minimum absolute atomic E-state index is 0.530. The lowest BCUT2D eigenvalue weighted by molar-refractivity contribution is 0.308. The van der Waals surface area contributed by atoms with Gasteiger partial charge in [0.05, 0.1) is 5.69 Å². The van der Waals surface area contributed by atoms with Crippen LogP contribution in [0.25, 0.3) is 0 Å². The quantitative estimate of drug-likeness (QED) is 0.864. The summed E-state index contributed by atoms with van der Waals surface area (Å²) in [6.45, 7) is 4.75. The fourth-order valence-electron chi connectivity index (χ4n) is 1.98. The highest BCUT2D eigenvalue weighted by Gasteiger charge is 2.05. The molecular weight excluding hydrogens is 248 g/mol. The van der Waals surface area contributed by atoms with Gasteiger partial charge in [0.25, 0.3) is 0 Å². The first-order valence-corrected chi connectivity index (χ1v) is 6.73. The zero-order valence-electron chi connectivity index (χ0n) is 12.6. The van der Waals surface area contributed by atoms with Gasteiger partial charge < -0.3 is 15.4 Å². The summed E-state index contributed by atoms with van der Waals surface area (Å²) in [7, 11) is 4.00. The molecule has 106 valence electrons. The Morgan fingerprint density at radius 2 is 1.75 bits per heavy atom. The SMILES string of the molecule is Cc1ccc(COc2cc(N(C)C)ccc2N)cc1C. The Balaban J connectivity index is 2.13. The van der Waals surface area contributed by atoms with Gasteiger partial charge in [-0.05, 0) is 42.7 Å². The molecular formula is C17H22N2O. The number of hydrogen-bond acceptors (Lipinski definition) is 3. The van der Waals surface area contributed by atoms with Crippen molar-refractivity contribution in [2.24, 2.45) is 0 Å². The van der Waals surface area contributed by atoms with E-state index in [-0.39, 0.29) is 0 Å². The number of anilines is 2. The lowest BCUT2D eigenvalue weighted by atomic mass is 10.1. The molecule has 2 aromatic carbocycles. The van der Waals surface area contributed by atoms with Crippen LogP contribution < -0.4 is 15.4 Å². The monoisotopic (exact) mass is 270 g/mol. The summed E-state index contributed by atoms with van der Waals surface area (Å²) < 4.78 is 5.86. The molecule has 3 heteroatoms. The first kappa shape index (κ1) is 14.3. The summed E-state index contributed by atoms with van der Waals surface area (Å²) in [6.07, 6.45) is 0. The second-order valence-corrected chi connectivity index (χ2v) is 5.32. The van der Waals surface area contributed by atoms with Crippen LogP contribution in [0, 0.1) is 13.8 Å². The van der Waals surface area contributed by atoms with Gasteiger partial charge >= 0.3 is 0 Å². The summed E-state index contributed by atoms with van der Waals surface area (Å²) in [5.74, 6) is 0.731. The van der Waals surface area contributed by atoms with E-state index in [9.17, 15) is 0 Å². The average molecular weight is 270 g/mol. The van der Waals surface area contributed by atoms with Crippen LogP contribution in [-0.2, 0) is 6.61 Å². The number of nitrogens with zero attached hydrogens (tertiary/aromatic N) is 1. The zero-order valence-corrected chi connectivity index (χ0v) is 12.6. The second-order valence-electron chi connectivity index (χ2n) is 5.32. The predicted molar refractivity (Wildman–Crippen MR) is 85.4 cm³/mol. The van der Waals surface area contributed by atoms with Crippen molar-refractivity contribution in [3.05, 3.63) is 53.1 Å². The van der Waals surface area contributed by atoms with Gasteiger partial charge in [0, 0.05) is 25.8 Å². The largest absolute Gasteiger partial charge is 0.487 e. The fourth-order valence-corrected chi connectivity index (χ4v) is 1.98. The number of aryl methyl sites for hydroxylation is 2. The van der Waals surface area contributed by atoms with Gasteiger partial charge in [-0.2, -0.15) is 0 Å². The molecule has 2 rings (SSSR count). The third-order valence-corrected chi connectivity index (χ3v) is 3.48. The van der Waals surface area contributed by atoms with E-state index in [1.165, 1.54) is 11.1 Å². The van der Waals surface area contributed by atoms with Gasteiger partial charge in [-0.15, -0.1) is 0 Å². The van der Waals surface area contributed by atoms with Crippen LogP contribution in [0.1, 0.15) is 16.7 Å². The van der Waals surface area contributed by atoms with Crippen LogP contribution in [0.3, 0.4) is 0 Å². The number of hydrogen-bond donors (Lipinski definition) is 1. The molecule has 0 heterocycles. The van der Waals surface area contributed by atoms with Gasteiger partial charge in [0.1, 0.15) is 12.4 Å². The van der Waals surface area contributed by atoms with E-state index < -0.39 is 0 Å². The summed E-state index contributed by atoms with van der Waals surface area (Å²) in [4.78, 5) is 2.03. The molecule has 0 aliphatic rings. The fraction of sp³-hybridized carbons (Fsp3) is 0.294. The first-order chi connectivity index (χ1) is 9.47. The third-order valence-electron chi connectivity index (χ3n) is 3.48. The summed E-state index contributed by atoms with van der Waals surface area (Å²) in [5, 5.41) is 0. The maximum Gasteiger partial charge on any atom is 0.144 e. The second kappa shape index (κ2) is 5.87. The molecule has 0 saturated heterocycles. The van der Waals surface area contributed by atoms with Crippen LogP contribution >= 0.6 is 0 Å². The van der Waals surface area contributed by atoms with Crippen LogP contribution in [0.15, 0.2) is 36.4 Å². The maximum atomic E-state index is 5.96. The Kier molecular flexibility index (Phi) is 4.18. The van der Waals surface area contributed by atoms with Crippen molar-refractivity contribution < 1.29 is 4.74 Å². The Hall–Kier alpha value is -2.16. The Labute approximate surface area is 121 Å². The highest BCUT2D eigenvalue weighted by atomic mass is 16.5. The van der Waals surface area contributed by atoms with Gasteiger partial charge in [0.15, 0.2) is 0 Å². The Morgan fingerprint density at radius 3 is 2.40 bits per heavy atom. The molecule has 0 aromatic heterocycles. The lowest BCUT2D eigenvalue weighted by Gasteiger charge is -2.16. The predicted octanol–water partition coefficient (Wildman–Crippen LogP) is 3.53. The van der Waals surface area contributed by atoms with Crippen LogP contribution in [0.5, 0.6) is 5.75 Å². The van der Waals surface area contributed by atoms with Gasteiger partial charge in [-0.1, -0.05) is 18.2 Å². The molecule has 0 saturated carbocycles. The molecule has 0 aliphatic heterocycles. The summed E-state index contributed by atoms with van der Waals surface area (Å²) in [5.41, 5.74) is 11.4. The van der Waals surface area contributed by atoms with Crippen molar-refractivity contribution in [1.82, 2.24) is 0 Å². The summed E-state index contributed by atoms with van der Waals surface area (Å²) >= 11 is 0. The third kappa shape index (κ3) is 3.23. The van der Waals surface area contributed by atoms with Crippen LogP contribution in [0.2, 0.25) is 0 Å². The number of ether oxygens (including phenoxy) is 1. The Morgan fingerprint density at radius 1 is 1.00 bits per heavy atom. The van der Waals surface area contributed by atoms with Gasteiger partial charge in [0.2, 0.25) is 0 Å². The van der Waals surface area contributed by atoms with E-state index in [4.69, 9.17) is 10.5 Å². The standard InChI is InChI=1S/C17H22N2O/c1-12-5-6-14(9-13(12)2)11-20-17-10-15(19(3)4)7-8-16(17)18/h5-10H,11,18H2,1-4H3. The molecule has 20 heavy (non-hydrogen) atoms. The molecule has 0 unspecified atom stereocenters. The average Bonchev–Trinajstić information content (AvgIpc) is 2.41. The van der Waals surface area contributed by atoms with Crippen LogP contribution in [-0.4, -0.2) is 14.1 Å². The van der Waals surface area contributed by atoms with Crippen molar-refractivity contribution in [3.8, 4) is 5.75 Å². The number of benzene rings is 2. The van der Waals surface area contributed by atoms with Gasteiger partial charge in [-0.25, -0.2) is 0 Å². The van der Waals surface area contributed by atoms with E-state index in [0.29, 0.717) is 12.3 Å². The van der Waals surface area contributed by atoms with E-state index >= 15 is 0 Å². The topological polar surface area (TPSA) is 38.5 Å². The molecule has 0 bridgehead atoms. The summed E-state index contributed by atoms with van der Waals surface area (Å²) in [6, 6.07) is 12.2. The lowest BCUT2D eigenvalue weighted by Crippen LogP contribution is -2.09. The highest BCUT2D eigenvalue weighted by Crippen LogP contribution is 2.27.